The number of nitrogens with one attached hydrogen (secondary N) is 1. The third kappa shape index (κ3) is 3.86. The molecule has 0 aliphatic carbocycles. The van der Waals surface area contributed by atoms with E-state index >= 15 is 0 Å². The average molecular weight is 221 g/mol. The van der Waals surface area contributed by atoms with Gasteiger partial charge in [-0.15, -0.1) is 0 Å². The van der Waals surface area contributed by atoms with E-state index in [1.165, 1.54) is 5.56 Å². The van der Waals surface area contributed by atoms with Crippen LogP contribution in [0.2, 0.25) is 0 Å². The first-order valence-electron chi connectivity index (χ1n) is 6.16. The molecule has 2 nitrogen and oxygen atoms in total. The van der Waals surface area contributed by atoms with E-state index in [1.54, 1.807) is 0 Å². The van der Waals surface area contributed by atoms with Gasteiger partial charge in [-0.25, -0.2) is 0 Å². The van der Waals surface area contributed by atoms with Crippen molar-refractivity contribution in [1.29, 1.82) is 0 Å². The third-order valence-corrected chi connectivity index (χ3v) is 2.84. The Bertz CT molecular complexity index is 294. The molecule has 0 aliphatic heterocycles. The van der Waals surface area contributed by atoms with E-state index < -0.39 is 0 Å². The van der Waals surface area contributed by atoms with Gasteiger partial charge >= 0.3 is 0 Å². The van der Waals surface area contributed by atoms with Crippen molar-refractivity contribution in [3.8, 4) is 5.75 Å². The van der Waals surface area contributed by atoms with Crippen molar-refractivity contribution in [2.75, 3.05) is 6.61 Å². The smallest absolute Gasteiger partial charge is 0.119 e. The fourth-order valence-corrected chi connectivity index (χ4v) is 1.66. The van der Waals surface area contributed by atoms with Crippen LogP contribution in [0.5, 0.6) is 5.75 Å². The van der Waals surface area contributed by atoms with E-state index in [2.05, 4.69) is 38.2 Å². The zero-order valence-electron chi connectivity index (χ0n) is 10.8. The van der Waals surface area contributed by atoms with Crippen LogP contribution < -0.4 is 10.1 Å². The van der Waals surface area contributed by atoms with Crippen LogP contribution in [0.4, 0.5) is 0 Å². The average Bonchev–Trinajstić information content (AvgIpc) is 2.30. The Hall–Kier alpha value is -1.02. The van der Waals surface area contributed by atoms with E-state index in [9.17, 15) is 0 Å². The summed E-state index contributed by atoms with van der Waals surface area (Å²) >= 11 is 0. The zero-order valence-corrected chi connectivity index (χ0v) is 10.8. The van der Waals surface area contributed by atoms with Crippen LogP contribution in [0.3, 0.4) is 0 Å². The lowest BCUT2D eigenvalue weighted by Crippen LogP contribution is -2.28. The highest BCUT2D eigenvalue weighted by molar-refractivity contribution is 5.28. The molecule has 16 heavy (non-hydrogen) atoms. The molecule has 0 bridgehead atoms. The summed E-state index contributed by atoms with van der Waals surface area (Å²) in [4.78, 5) is 0. The van der Waals surface area contributed by atoms with Gasteiger partial charge in [-0.05, 0) is 44.9 Å². The molecular formula is C14H23NO. The van der Waals surface area contributed by atoms with Crippen molar-refractivity contribution in [2.45, 2.75) is 46.2 Å². The lowest BCUT2D eigenvalue weighted by atomic mass is 10.1. The number of hydrogen-bond donors (Lipinski definition) is 1. The first-order valence-corrected chi connectivity index (χ1v) is 6.16. The van der Waals surface area contributed by atoms with Gasteiger partial charge in [0.1, 0.15) is 5.75 Å². The minimum absolute atomic E-state index is 0.394. The summed E-state index contributed by atoms with van der Waals surface area (Å²) in [6, 6.07) is 9.28. The molecule has 0 saturated carbocycles. The normalized spacial score (nSPS) is 14.5. The summed E-state index contributed by atoms with van der Waals surface area (Å²) in [7, 11) is 0. The Labute approximate surface area is 99.0 Å². The van der Waals surface area contributed by atoms with E-state index in [0.29, 0.717) is 12.1 Å². The number of benzene rings is 1. The third-order valence-electron chi connectivity index (χ3n) is 2.84. The van der Waals surface area contributed by atoms with Gasteiger partial charge in [0.05, 0.1) is 6.61 Å². The maximum atomic E-state index is 5.42. The van der Waals surface area contributed by atoms with Gasteiger partial charge in [0.25, 0.3) is 0 Å². The molecule has 0 heterocycles. The van der Waals surface area contributed by atoms with Crippen LogP contribution >= 0.6 is 0 Å². The Morgan fingerprint density at radius 2 is 1.75 bits per heavy atom. The minimum atomic E-state index is 0.394. The van der Waals surface area contributed by atoms with Crippen LogP contribution in [0, 0.1) is 0 Å². The standard InChI is InChI=1S/C14H23NO/c1-5-11(3)15-12(4)13-7-9-14(10-8-13)16-6-2/h7-12,15H,5-6H2,1-4H3/t11-,12-/m0/s1. The van der Waals surface area contributed by atoms with Gasteiger partial charge in [0.15, 0.2) is 0 Å². The van der Waals surface area contributed by atoms with Crippen LogP contribution in [0.15, 0.2) is 24.3 Å². The number of hydrogen-bond acceptors (Lipinski definition) is 2. The molecule has 0 radical (unpaired) electrons. The Kier molecular flexibility index (Phi) is 5.33. The predicted octanol–water partition coefficient (Wildman–Crippen LogP) is 3.53. The lowest BCUT2D eigenvalue weighted by molar-refractivity contribution is 0.340. The molecule has 2 atom stereocenters. The molecule has 1 aromatic rings. The number of rotatable bonds is 6. The zero-order chi connectivity index (χ0) is 12.0. The summed E-state index contributed by atoms with van der Waals surface area (Å²) < 4.78 is 5.42. The van der Waals surface area contributed by atoms with Gasteiger partial charge in [-0.3, -0.25) is 0 Å². The van der Waals surface area contributed by atoms with Crippen LogP contribution in [0.1, 0.15) is 45.7 Å². The quantitative estimate of drug-likeness (QED) is 0.793. The van der Waals surface area contributed by atoms with E-state index in [-0.39, 0.29) is 0 Å². The van der Waals surface area contributed by atoms with E-state index in [0.717, 1.165) is 18.8 Å². The van der Waals surface area contributed by atoms with Gasteiger partial charge < -0.3 is 10.1 Å². The number of ether oxygens (including phenoxy) is 1. The molecule has 0 aromatic heterocycles. The fourth-order valence-electron chi connectivity index (χ4n) is 1.66. The first kappa shape index (κ1) is 13.0. The predicted molar refractivity (Wildman–Crippen MR) is 68.9 cm³/mol. The Balaban J connectivity index is 2.59. The molecule has 0 fully saturated rings. The molecule has 0 saturated heterocycles. The molecule has 1 N–H and O–H groups in total. The second-order valence-electron chi connectivity index (χ2n) is 4.20. The SMILES string of the molecule is CCOc1ccc([C@H](C)N[C@@H](C)CC)cc1. The van der Waals surface area contributed by atoms with Crippen molar-refractivity contribution in [3.63, 3.8) is 0 Å². The van der Waals surface area contributed by atoms with Crippen molar-refractivity contribution in [3.05, 3.63) is 29.8 Å². The molecule has 0 aliphatic rings. The molecule has 1 rings (SSSR count). The lowest BCUT2D eigenvalue weighted by Gasteiger charge is -2.19. The van der Waals surface area contributed by atoms with Crippen molar-refractivity contribution < 1.29 is 4.74 Å². The van der Waals surface area contributed by atoms with Crippen molar-refractivity contribution >= 4 is 0 Å². The maximum Gasteiger partial charge on any atom is 0.119 e. The topological polar surface area (TPSA) is 21.3 Å². The van der Waals surface area contributed by atoms with Gasteiger partial charge in [-0.1, -0.05) is 19.1 Å². The van der Waals surface area contributed by atoms with Gasteiger partial charge in [-0.2, -0.15) is 0 Å². The highest BCUT2D eigenvalue weighted by Gasteiger charge is 2.07. The Morgan fingerprint density at radius 3 is 2.25 bits per heavy atom. The first-order chi connectivity index (χ1) is 7.67. The molecular weight excluding hydrogens is 198 g/mol. The van der Waals surface area contributed by atoms with Crippen LogP contribution in [-0.2, 0) is 0 Å². The summed E-state index contributed by atoms with van der Waals surface area (Å²) in [5.41, 5.74) is 1.31. The molecule has 90 valence electrons. The maximum absolute atomic E-state index is 5.42. The van der Waals surface area contributed by atoms with E-state index in [1.807, 2.05) is 19.1 Å². The second-order valence-corrected chi connectivity index (χ2v) is 4.20. The summed E-state index contributed by atoms with van der Waals surface area (Å²) in [6.45, 7) is 9.33. The summed E-state index contributed by atoms with van der Waals surface area (Å²) in [5.74, 6) is 0.946. The fraction of sp³-hybridized carbons (Fsp3) is 0.571. The molecule has 0 amide bonds. The molecule has 1 aromatic carbocycles. The minimum Gasteiger partial charge on any atom is -0.494 e. The molecule has 2 heteroatoms. The summed E-state index contributed by atoms with van der Waals surface area (Å²) in [5, 5.41) is 3.56. The highest BCUT2D eigenvalue weighted by atomic mass is 16.5. The second kappa shape index (κ2) is 6.54. The van der Waals surface area contributed by atoms with Gasteiger partial charge in [0, 0.05) is 12.1 Å². The van der Waals surface area contributed by atoms with Crippen molar-refractivity contribution in [1.82, 2.24) is 5.32 Å². The largest absolute Gasteiger partial charge is 0.494 e. The summed E-state index contributed by atoms with van der Waals surface area (Å²) in [6.07, 6.45) is 1.15. The van der Waals surface area contributed by atoms with Crippen LogP contribution in [0.25, 0.3) is 0 Å². The highest BCUT2D eigenvalue weighted by Crippen LogP contribution is 2.18. The molecule has 0 spiro atoms. The van der Waals surface area contributed by atoms with Crippen molar-refractivity contribution in [2.24, 2.45) is 0 Å². The van der Waals surface area contributed by atoms with Gasteiger partial charge in [0.2, 0.25) is 0 Å². The monoisotopic (exact) mass is 221 g/mol. The Morgan fingerprint density at radius 1 is 1.12 bits per heavy atom. The van der Waals surface area contributed by atoms with Crippen LogP contribution in [-0.4, -0.2) is 12.6 Å². The van der Waals surface area contributed by atoms with E-state index in [4.69, 9.17) is 4.74 Å². The molecule has 0 unspecified atom stereocenters.